The fraction of sp³-hybridized carbons (Fsp3) is 0.389. The van der Waals surface area contributed by atoms with Crippen LogP contribution in [-0.2, 0) is 4.79 Å². The summed E-state index contributed by atoms with van der Waals surface area (Å²) in [6.07, 6.45) is 3.56. The highest BCUT2D eigenvalue weighted by Crippen LogP contribution is 2.26. The first-order chi connectivity index (χ1) is 11.7. The summed E-state index contributed by atoms with van der Waals surface area (Å²) >= 11 is 1.31. The van der Waals surface area contributed by atoms with Gasteiger partial charge in [-0.2, -0.15) is 0 Å². The lowest BCUT2D eigenvalue weighted by molar-refractivity contribution is -0.119. The number of carbonyl (C=O) groups is 2. The second-order valence-corrected chi connectivity index (χ2v) is 8.13. The number of amides is 3. The summed E-state index contributed by atoms with van der Waals surface area (Å²) in [5, 5.41) is 5.32. The van der Waals surface area contributed by atoms with Gasteiger partial charge in [0.1, 0.15) is 0 Å². The lowest BCUT2D eigenvalue weighted by Gasteiger charge is -2.21. The van der Waals surface area contributed by atoms with Crippen molar-refractivity contribution in [1.29, 1.82) is 0 Å². The Morgan fingerprint density at radius 3 is 2.56 bits per heavy atom. The third kappa shape index (κ3) is 5.35. The van der Waals surface area contributed by atoms with E-state index in [1.54, 1.807) is 13.1 Å². The molecule has 0 aliphatic carbocycles. The summed E-state index contributed by atoms with van der Waals surface area (Å²) < 4.78 is 1.94. The smallest absolute Gasteiger partial charge is 0.321 e. The van der Waals surface area contributed by atoms with Crippen molar-refractivity contribution in [3.8, 4) is 5.69 Å². The van der Waals surface area contributed by atoms with Crippen molar-refractivity contribution in [2.45, 2.75) is 50.6 Å². The van der Waals surface area contributed by atoms with Gasteiger partial charge in [-0.3, -0.25) is 14.7 Å². The van der Waals surface area contributed by atoms with Gasteiger partial charge in [0.2, 0.25) is 5.91 Å². The highest BCUT2D eigenvalue weighted by molar-refractivity contribution is 8.00. The maximum absolute atomic E-state index is 12.3. The standard InChI is InChI=1S/C18H24N4O2S/c1-12-8-6-7-9-14(12)22-11-10-19-17(22)25-13(2)15(23)20-16(24)21-18(3,4)5/h6-11,13H,1-5H3,(H2,20,21,23,24). The molecule has 1 unspecified atom stereocenters. The number of thioether (sulfide) groups is 1. The lowest BCUT2D eigenvalue weighted by Crippen LogP contribution is -2.49. The van der Waals surface area contributed by atoms with Crippen LogP contribution in [0.15, 0.2) is 41.8 Å². The van der Waals surface area contributed by atoms with Crippen LogP contribution >= 0.6 is 11.8 Å². The minimum absolute atomic E-state index is 0.355. The van der Waals surface area contributed by atoms with Crippen molar-refractivity contribution in [3.63, 3.8) is 0 Å². The van der Waals surface area contributed by atoms with E-state index < -0.39 is 16.8 Å². The maximum Gasteiger partial charge on any atom is 0.321 e. The number of imidazole rings is 1. The minimum Gasteiger partial charge on any atom is -0.333 e. The van der Waals surface area contributed by atoms with Crippen molar-refractivity contribution < 1.29 is 9.59 Å². The number of para-hydroxylation sites is 1. The zero-order valence-electron chi connectivity index (χ0n) is 15.2. The molecule has 1 aromatic heterocycles. The van der Waals surface area contributed by atoms with E-state index in [0.29, 0.717) is 5.16 Å². The van der Waals surface area contributed by atoms with Crippen LogP contribution in [0, 0.1) is 6.92 Å². The molecule has 2 N–H and O–H groups in total. The normalized spacial score (nSPS) is 12.5. The number of nitrogens with one attached hydrogen (secondary N) is 2. The number of urea groups is 1. The molecule has 1 aromatic carbocycles. The first kappa shape index (κ1) is 19.1. The number of imide groups is 1. The molecule has 2 rings (SSSR count). The maximum atomic E-state index is 12.3. The van der Waals surface area contributed by atoms with Crippen LogP contribution in [0.1, 0.15) is 33.3 Å². The van der Waals surface area contributed by atoms with Crippen LogP contribution in [0.25, 0.3) is 5.69 Å². The van der Waals surface area contributed by atoms with Crippen molar-refractivity contribution in [2.75, 3.05) is 0 Å². The van der Waals surface area contributed by atoms with E-state index in [1.807, 2.05) is 62.7 Å². The van der Waals surface area contributed by atoms with Gasteiger partial charge in [0, 0.05) is 17.9 Å². The molecule has 0 bridgehead atoms. The molecule has 1 atom stereocenters. The van der Waals surface area contributed by atoms with Gasteiger partial charge in [0.05, 0.1) is 10.9 Å². The zero-order chi connectivity index (χ0) is 18.6. The molecule has 0 aliphatic heterocycles. The average molecular weight is 360 g/mol. The Hall–Kier alpha value is -2.28. The summed E-state index contributed by atoms with van der Waals surface area (Å²) in [5.74, 6) is -0.355. The number of carbonyl (C=O) groups excluding carboxylic acids is 2. The molecule has 0 saturated heterocycles. The Bertz CT molecular complexity index is 764. The Kier molecular flexibility index (Phi) is 5.89. The minimum atomic E-state index is -0.493. The number of aryl methyl sites for hydroxylation is 1. The fourth-order valence-electron chi connectivity index (χ4n) is 2.19. The van der Waals surface area contributed by atoms with Crippen LogP contribution in [-0.4, -0.2) is 32.3 Å². The van der Waals surface area contributed by atoms with E-state index in [-0.39, 0.29) is 5.91 Å². The van der Waals surface area contributed by atoms with Gasteiger partial charge in [0.15, 0.2) is 5.16 Å². The Labute approximate surface area is 152 Å². The van der Waals surface area contributed by atoms with Gasteiger partial charge in [-0.15, -0.1) is 0 Å². The topological polar surface area (TPSA) is 76.0 Å². The first-order valence-electron chi connectivity index (χ1n) is 8.06. The van der Waals surface area contributed by atoms with Gasteiger partial charge in [-0.1, -0.05) is 30.0 Å². The summed E-state index contributed by atoms with van der Waals surface area (Å²) in [7, 11) is 0. The third-order valence-electron chi connectivity index (χ3n) is 3.36. The number of benzene rings is 1. The SMILES string of the molecule is Cc1ccccc1-n1ccnc1SC(C)C(=O)NC(=O)NC(C)(C)C. The molecule has 6 nitrogen and oxygen atoms in total. The Morgan fingerprint density at radius 1 is 1.24 bits per heavy atom. The van der Waals surface area contributed by atoms with Crippen molar-refractivity contribution in [1.82, 2.24) is 20.2 Å². The predicted octanol–water partition coefficient (Wildman–Crippen LogP) is 3.29. The largest absolute Gasteiger partial charge is 0.333 e. The molecule has 2 aromatic rings. The highest BCUT2D eigenvalue weighted by atomic mass is 32.2. The van der Waals surface area contributed by atoms with Gasteiger partial charge in [-0.25, -0.2) is 9.78 Å². The Morgan fingerprint density at radius 2 is 1.92 bits per heavy atom. The van der Waals surface area contributed by atoms with E-state index in [0.717, 1.165) is 11.3 Å². The van der Waals surface area contributed by atoms with Gasteiger partial charge < -0.3 is 5.32 Å². The molecule has 0 spiro atoms. The van der Waals surface area contributed by atoms with Crippen LogP contribution < -0.4 is 10.6 Å². The molecule has 0 saturated carbocycles. The van der Waals surface area contributed by atoms with Crippen molar-refractivity contribution >= 4 is 23.7 Å². The van der Waals surface area contributed by atoms with Gasteiger partial charge in [0.25, 0.3) is 0 Å². The zero-order valence-corrected chi connectivity index (χ0v) is 16.0. The van der Waals surface area contributed by atoms with E-state index in [9.17, 15) is 9.59 Å². The Balaban J connectivity index is 2.06. The molecule has 0 fully saturated rings. The monoisotopic (exact) mass is 360 g/mol. The van der Waals surface area contributed by atoms with E-state index in [4.69, 9.17) is 0 Å². The van der Waals surface area contributed by atoms with E-state index in [1.165, 1.54) is 11.8 Å². The van der Waals surface area contributed by atoms with Gasteiger partial charge in [-0.05, 0) is 46.2 Å². The second-order valence-electron chi connectivity index (χ2n) is 6.82. The molecule has 134 valence electrons. The van der Waals surface area contributed by atoms with Crippen molar-refractivity contribution in [3.05, 3.63) is 42.2 Å². The first-order valence-corrected chi connectivity index (χ1v) is 8.94. The average Bonchev–Trinajstić information content (AvgIpc) is 2.93. The second kappa shape index (κ2) is 7.74. The number of rotatable bonds is 4. The molecule has 7 heteroatoms. The highest BCUT2D eigenvalue weighted by Gasteiger charge is 2.22. The molecule has 25 heavy (non-hydrogen) atoms. The fourth-order valence-corrected chi connectivity index (χ4v) is 3.07. The number of nitrogens with zero attached hydrogens (tertiary/aromatic N) is 2. The number of hydrogen-bond donors (Lipinski definition) is 2. The van der Waals surface area contributed by atoms with E-state index >= 15 is 0 Å². The molecular formula is C18H24N4O2S. The quantitative estimate of drug-likeness (QED) is 0.821. The molecular weight excluding hydrogens is 336 g/mol. The molecule has 1 heterocycles. The molecule has 0 aliphatic rings. The van der Waals surface area contributed by atoms with Crippen LogP contribution in [0.3, 0.4) is 0 Å². The van der Waals surface area contributed by atoms with E-state index in [2.05, 4.69) is 15.6 Å². The molecule has 0 radical (unpaired) electrons. The third-order valence-corrected chi connectivity index (χ3v) is 4.44. The summed E-state index contributed by atoms with van der Waals surface area (Å²) in [5.41, 5.74) is 1.73. The van der Waals surface area contributed by atoms with Crippen LogP contribution in [0.2, 0.25) is 0 Å². The lowest BCUT2D eigenvalue weighted by atomic mass is 10.1. The van der Waals surface area contributed by atoms with Gasteiger partial charge >= 0.3 is 6.03 Å². The summed E-state index contributed by atoms with van der Waals surface area (Å²) in [6, 6.07) is 7.47. The van der Waals surface area contributed by atoms with Crippen molar-refractivity contribution in [2.24, 2.45) is 0 Å². The summed E-state index contributed by atoms with van der Waals surface area (Å²) in [4.78, 5) is 28.4. The molecule has 3 amide bonds. The van der Waals surface area contributed by atoms with Crippen LogP contribution in [0.4, 0.5) is 4.79 Å². The van der Waals surface area contributed by atoms with Crippen LogP contribution in [0.5, 0.6) is 0 Å². The number of aromatic nitrogens is 2. The number of hydrogen-bond acceptors (Lipinski definition) is 4. The predicted molar refractivity (Wildman–Crippen MR) is 100 cm³/mol. The summed E-state index contributed by atoms with van der Waals surface area (Å²) in [6.45, 7) is 9.34.